The van der Waals surface area contributed by atoms with Gasteiger partial charge >= 0.3 is 0 Å². The van der Waals surface area contributed by atoms with Crippen LogP contribution in [-0.4, -0.2) is 32.5 Å². The Kier molecular flexibility index (Phi) is 7.76. The predicted molar refractivity (Wildman–Crippen MR) is 90.5 cm³/mol. The number of hydrogen-bond acceptors (Lipinski definition) is 7. The highest BCUT2D eigenvalue weighted by Crippen LogP contribution is 2.24. The van der Waals surface area contributed by atoms with Gasteiger partial charge in [-0.3, -0.25) is 0 Å². The lowest BCUT2D eigenvalue weighted by Crippen LogP contribution is -1.88. The number of aromatic amines is 1. The minimum Gasteiger partial charge on any atom is -0.341 e. The first kappa shape index (κ1) is 17.0. The molecule has 0 atom stereocenters. The Bertz CT molecular complexity index is 550. The minimum absolute atomic E-state index is 0.830. The van der Waals surface area contributed by atoms with Gasteiger partial charge in [-0.05, 0) is 41.9 Å². The van der Waals surface area contributed by atoms with E-state index in [1.54, 1.807) is 0 Å². The van der Waals surface area contributed by atoms with Crippen molar-refractivity contribution in [1.82, 2.24) is 9.97 Å². The van der Waals surface area contributed by atoms with Crippen molar-refractivity contribution >= 4 is 46.6 Å². The van der Waals surface area contributed by atoms with Crippen LogP contribution >= 0.6 is 35.6 Å². The molecule has 8 heteroatoms. The van der Waals surface area contributed by atoms with Crippen molar-refractivity contribution in [3.63, 3.8) is 0 Å². The number of nitrogens with zero attached hydrogens (tertiary/aromatic N) is 1. The number of nitrogens with one attached hydrogen (secondary N) is 1. The van der Waals surface area contributed by atoms with Gasteiger partial charge in [-0.2, -0.15) is 23.5 Å². The number of rotatable bonds is 10. The summed E-state index contributed by atoms with van der Waals surface area (Å²) in [5, 5.41) is 11.7. The van der Waals surface area contributed by atoms with E-state index in [9.17, 15) is 0 Å². The molecule has 0 fully saturated rings. The predicted octanol–water partition coefficient (Wildman–Crippen LogP) is 4.37. The SMILES string of the molecule is CCSCCCSCc1nc2ccc(SOOO)cc2[nH]1. The first-order valence-electron chi connectivity index (χ1n) is 6.62. The van der Waals surface area contributed by atoms with Gasteiger partial charge in [-0.1, -0.05) is 12.0 Å². The minimum atomic E-state index is 0.830. The highest BCUT2D eigenvalue weighted by molar-refractivity contribution is 7.99. The van der Waals surface area contributed by atoms with Gasteiger partial charge in [0.15, 0.2) is 0 Å². The van der Waals surface area contributed by atoms with Gasteiger partial charge in [0.25, 0.3) is 0 Å². The third-order valence-electron chi connectivity index (χ3n) is 2.68. The summed E-state index contributed by atoms with van der Waals surface area (Å²) >= 11 is 4.83. The van der Waals surface area contributed by atoms with Gasteiger partial charge in [0.1, 0.15) is 5.82 Å². The third kappa shape index (κ3) is 5.72. The first-order chi connectivity index (χ1) is 10.3. The van der Waals surface area contributed by atoms with E-state index >= 15 is 0 Å². The number of hydrogen-bond donors (Lipinski definition) is 2. The molecule has 0 aliphatic carbocycles. The summed E-state index contributed by atoms with van der Waals surface area (Å²) in [5.41, 5.74) is 1.89. The molecule has 21 heavy (non-hydrogen) atoms. The van der Waals surface area contributed by atoms with E-state index in [-0.39, 0.29) is 0 Å². The van der Waals surface area contributed by atoms with E-state index in [1.165, 1.54) is 17.9 Å². The van der Waals surface area contributed by atoms with Crippen LogP contribution in [-0.2, 0) is 15.1 Å². The number of thioether (sulfide) groups is 2. The molecule has 1 aromatic heterocycles. The fourth-order valence-corrected chi connectivity index (χ4v) is 3.83. The lowest BCUT2D eigenvalue weighted by atomic mass is 10.3. The second kappa shape index (κ2) is 9.60. The Hall–Kier alpha value is -0.380. The molecular formula is C13H18N2O3S3. The fourth-order valence-electron chi connectivity index (χ4n) is 1.79. The maximum Gasteiger partial charge on any atom is 0.117 e. The van der Waals surface area contributed by atoms with Gasteiger partial charge in [0.05, 0.1) is 28.8 Å². The molecule has 2 N–H and O–H groups in total. The maximum absolute atomic E-state index is 8.15. The van der Waals surface area contributed by atoms with E-state index in [0.717, 1.165) is 45.3 Å². The van der Waals surface area contributed by atoms with Crippen LogP contribution in [0.1, 0.15) is 19.2 Å². The highest BCUT2D eigenvalue weighted by Gasteiger charge is 2.05. The van der Waals surface area contributed by atoms with Gasteiger partial charge < -0.3 is 4.98 Å². The summed E-state index contributed by atoms with van der Waals surface area (Å²) < 4.78 is 4.42. The lowest BCUT2D eigenvalue weighted by molar-refractivity contribution is -0.432. The van der Waals surface area contributed by atoms with Crippen LogP contribution in [0.25, 0.3) is 11.0 Å². The van der Waals surface area contributed by atoms with E-state index in [1.807, 2.05) is 41.7 Å². The molecule has 1 heterocycles. The van der Waals surface area contributed by atoms with Crippen LogP contribution in [0.15, 0.2) is 23.1 Å². The molecule has 2 aromatic rings. The van der Waals surface area contributed by atoms with Crippen molar-refractivity contribution in [2.75, 3.05) is 17.3 Å². The molecule has 0 bridgehead atoms. The Morgan fingerprint density at radius 3 is 2.95 bits per heavy atom. The summed E-state index contributed by atoms with van der Waals surface area (Å²) in [6.45, 7) is 2.19. The summed E-state index contributed by atoms with van der Waals surface area (Å²) in [7, 11) is 0. The van der Waals surface area contributed by atoms with Crippen LogP contribution in [0.4, 0.5) is 0 Å². The largest absolute Gasteiger partial charge is 0.341 e. The van der Waals surface area contributed by atoms with Crippen LogP contribution in [0.5, 0.6) is 0 Å². The maximum atomic E-state index is 8.15. The molecule has 0 saturated carbocycles. The van der Waals surface area contributed by atoms with Crippen molar-refractivity contribution in [3.8, 4) is 0 Å². The number of aromatic nitrogens is 2. The molecule has 0 spiro atoms. The molecule has 0 aliphatic heterocycles. The molecule has 0 aliphatic rings. The first-order valence-corrected chi connectivity index (χ1v) is 9.67. The number of fused-ring (bicyclic) bond motifs is 1. The zero-order chi connectivity index (χ0) is 14.9. The topological polar surface area (TPSA) is 67.4 Å². The summed E-state index contributed by atoms with van der Waals surface area (Å²) in [4.78, 5) is 8.69. The third-order valence-corrected chi connectivity index (χ3v) is 5.30. The average Bonchev–Trinajstić information content (AvgIpc) is 2.90. The van der Waals surface area contributed by atoms with E-state index in [4.69, 9.17) is 5.26 Å². The van der Waals surface area contributed by atoms with Crippen LogP contribution in [0.3, 0.4) is 0 Å². The molecule has 2 rings (SSSR count). The Balaban J connectivity index is 1.84. The van der Waals surface area contributed by atoms with Crippen molar-refractivity contribution in [2.45, 2.75) is 24.0 Å². The number of benzene rings is 1. The molecule has 1 aromatic carbocycles. The smallest absolute Gasteiger partial charge is 0.117 e. The monoisotopic (exact) mass is 346 g/mol. The molecule has 0 amide bonds. The second-order valence-electron chi connectivity index (χ2n) is 4.19. The fraction of sp³-hybridized carbons (Fsp3) is 0.462. The quantitative estimate of drug-likeness (QED) is 0.286. The molecule has 116 valence electrons. The summed E-state index contributed by atoms with van der Waals surface area (Å²) in [6.07, 6.45) is 1.24. The van der Waals surface area contributed by atoms with Crippen molar-refractivity contribution in [3.05, 3.63) is 24.0 Å². The van der Waals surface area contributed by atoms with Crippen LogP contribution < -0.4 is 0 Å². The van der Waals surface area contributed by atoms with E-state index in [2.05, 4.69) is 26.3 Å². The highest BCUT2D eigenvalue weighted by atomic mass is 32.2. The normalized spacial score (nSPS) is 11.3. The molecular weight excluding hydrogens is 328 g/mol. The molecule has 0 radical (unpaired) electrons. The second-order valence-corrected chi connectivity index (χ2v) is 7.46. The van der Waals surface area contributed by atoms with Gasteiger partial charge in [-0.15, -0.1) is 4.33 Å². The summed E-state index contributed by atoms with van der Waals surface area (Å²) in [5.74, 6) is 5.47. The van der Waals surface area contributed by atoms with Gasteiger partial charge in [0, 0.05) is 4.90 Å². The standard InChI is InChI=1S/C13H18N2O3S3/c1-2-19-6-3-7-20-9-13-14-11-5-4-10(21-18-17-16)8-12(11)15-13/h4-5,8,16H,2-3,6-7,9H2,1H3,(H,14,15). The Morgan fingerprint density at radius 1 is 1.29 bits per heavy atom. The van der Waals surface area contributed by atoms with Crippen LogP contribution in [0.2, 0.25) is 0 Å². The van der Waals surface area contributed by atoms with Crippen LogP contribution in [0, 0.1) is 0 Å². The number of H-pyrrole nitrogens is 1. The zero-order valence-corrected chi connectivity index (χ0v) is 14.2. The molecule has 0 unspecified atom stereocenters. The number of imidazole rings is 1. The van der Waals surface area contributed by atoms with E-state index < -0.39 is 0 Å². The molecule has 0 saturated heterocycles. The van der Waals surface area contributed by atoms with E-state index in [0.29, 0.717) is 0 Å². The van der Waals surface area contributed by atoms with Crippen molar-refractivity contribution in [1.29, 1.82) is 0 Å². The Labute approximate surface area is 136 Å². The Morgan fingerprint density at radius 2 is 2.14 bits per heavy atom. The van der Waals surface area contributed by atoms with Gasteiger partial charge in [-0.25, -0.2) is 10.2 Å². The van der Waals surface area contributed by atoms with Crippen molar-refractivity contribution in [2.24, 2.45) is 0 Å². The summed E-state index contributed by atoms with van der Waals surface area (Å²) in [6, 6.07) is 5.70. The zero-order valence-electron chi connectivity index (χ0n) is 11.7. The van der Waals surface area contributed by atoms with Gasteiger partial charge in [0.2, 0.25) is 0 Å². The molecule has 5 nitrogen and oxygen atoms in total. The van der Waals surface area contributed by atoms with Crippen molar-refractivity contribution < 1.29 is 14.6 Å². The lowest BCUT2D eigenvalue weighted by Gasteiger charge is -1.98. The average molecular weight is 346 g/mol.